The molecule has 1 aromatic rings. The van der Waals surface area contributed by atoms with Crippen molar-refractivity contribution in [3.05, 3.63) is 24.3 Å². The molecule has 1 rings (SSSR count). The Morgan fingerprint density at radius 1 is 1.14 bits per heavy atom. The summed E-state index contributed by atoms with van der Waals surface area (Å²) in [6, 6.07) is 7.59. The lowest BCUT2D eigenvalue weighted by molar-refractivity contribution is 0.230. The second-order valence-corrected chi connectivity index (χ2v) is 5.10. The topological polar surface area (TPSA) is 54.9 Å². The molecular formula is C17H29N3O2. The van der Waals surface area contributed by atoms with Crippen LogP contribution in [0.4, 0.5) is 0 Å². The zero-order valence-corrected chi connectivity index (χ0v) is 14.2. The molecule has 0 saturated heterocycles. The third-order valence-corrected chi connectivity index (χ3v) is 3.07. The van der Waals surface area contributed by atoms with Gasteiger partial charge in [-0.15, -0.1) is 0 Å². The van der Waals surface area contributed by atoms with E-state index in [0.717, 1.165) is 37.0 Å². The summed E-state index contributed by atoms with van der Waals surface area (Å²) in [6.45, 7) is 8.66. The van der Waals surface area contributed by atoms with Gasteiger partial charge in [0, 0.05) is 13.1 Å². The van der Waals surface area contributed by atoms with Gasteiger partial charge in [0.2, 0.25) is 0 Å². The highest BCUT2D eigenvalue weighted by Gasteiger charge is 2.05. The first-order valence-corrected chi connectivity index (χ1v) is 8.02. The normalized spacial score (nSPS) is 12.6. The van der Waals surface area contributed by atoms with Crippen molar-refractivity contribution < 1.29 is 9.47 Å². The Kier molecular flexibility index (Phi) is 8.88. The lowest BCUT2D eigenvalue weighted by atomic mass is 10.3. The minimum Gasteiger partial charge on any atom is -0.497 e. The van der Waals surface area contributed by atoms with E-state index in [1.165, 1.54) is 6.42 Å². The minimum atomic E-state index is 0.00928. The van der Waals surface area contributed by atoms with E-state index in [-0.39, 0.29) is 6.10 Å². The molecule has 5 nitrogen and oxygen atoms in total. The van der Waals surface area contributed by atoms with Gasteiger partial charge in [-0.1, -0.05) is 13.3 Å². The number of benzene rings is 1. The van der Waals surface area contributed by atoms with Gasteiger partial charge in [0.25, 0.3) is 0 Å². The Morgan fingerprint density at radius 3 is 2.41 bits per heavy atom. The van der Waals surface area contributed by atoms with Crippen molar-refractivity contribution in [2.75, 3.05) is 26.7 Å². The molecule has 0 aliphatic carbocycles. The summed E-state index contributed by atoms with van der Waals surface area (Å²) in [5.74, 6) is 2.50. The number of rotatable bonds is 9. The highest BCUT2D eigenvalue weighted by atomic mass is 16.5. The van der Waals surface area contributed by atoms with Gasteiger partial charge in [-0.05, 0) is 44.5 Å². The monoisotopic (exact) mass is 307 g/mol. The van der Waals surface area contributed by atoms with Crippen LogP contribution in [0.1, 0.15) is 33.6 Å². The van der Waals surface area contributed by atoms with Gasteiger partial charge in [-0.3, -0.25) is 0 Å². The number of hydrogen-bond acceptors (Lipinski definition) is 3. The number of nitrogens with one attached hydrogen (secondary N) is 2. The summed E-state index contributed by atoms with van der Waals surface area (Å²) < 4.78 is 11.0. The van der Waals surface area contributed by atoms with Crippen LogP contribution in [0.5, 0.6) is 11.5 Å². The maximum atomic E-state index is 5.85. The molecule has 5 heteroatoms. The fourth-order valence-corrected chi connectivity index (χ4v) is 1.87. The molecule has 2 N–H and O–H groups in total. The Balaban J connectivity index is 2.45. The maximum Gasteiger partial charge on any atom is 0.191 e. The summed E-state index contributed by atoms with van der Waals surface area (Å²) in [7, 11) is 1.65. The smallest absolute Gasteiger partial charge is 0.191 e. The average Bonchev–Trinajstić information content (AvgIpc) is 2.53. The molecule has 1 atom stereocenters. The van der Waals surface area contributed by atoms with Gasteiger partial charge in [0.05, 0.1) is 13.7 Å². The van der Waals surface area contributed by atoms with E-state index in [1.54, 1.807) is 7.11 Å². The van der Waals surface area contributed by atoms with Crippen LogP contribution in [-0.2, 0) is 0 Å². The Bertz CT molecular complexity index is 432. The highest BCUT2D eigenvalue weighted by molar-refractivity contribution is 5.79. The number of methoxy groups -OCH3 is 1. The van der Waals surface area contributed by atoms with Crippen molar-refractivity contribution >= 4 is 5.96 Å². The molecule has 0 aliphatic heterocycles. The summed E-state index contributed by atoms with van der Waals surface area (Å²) in [5, 5.41) is 6.57. The third-order valence-electron chi connectivity index (χ3n) is 3.07. The second kappa shape index (κ2) is 10.8. The molecule has 124 valence electrons. The number of ether oxygens (including phenoxy) is 2. The molecule has 0 spiro atoms. The Hall–Kier alpha value is -1.91. The van der Waals surface area contributed by atoms with Crippen LogP contribution < -0.4 is 20.1 Å². The highest BCUT2D eigenvalue weighted by Crippen LogP contribution is 2.18. The van der Waals surface area contributed by atoms with Crippen molar-refractivity contribution in [1.82, 2.24) is 10.6 Å². The summed E-state index contributed by atoms with van der Waals surface area (Å²) in [5.41, 5.74) is 0. The third kappa shape index (κ3) is 7.20. The van der Waals surface area contributed by atoms with Crippen molar-refractivity contribution in [2.45, 2.75) is 39.7 Å². The predicted molar refractivity (Wildman–Crippen MR) is 92.0 cm³/mol. The zero-order valence-electron chi connectivity index (χ0n) is 14.2. The first-order valence-electron chi connectivity index (χ1n) is 8.02. The zero-order chi connectivity index (χ0) is 16.2. The van der Waals surface area contributed by atoms with E-state index in [0.29, 0.717) is 6.54 Å². The van der Waals surface area contributed by atoms with Gasteiger partial charge >= 0.3 is 0 Å². The molecule has 0 aliphatic rings. The number of hydrogen-bond donors (Lipinski definition) is 2. The van der Waals surface area contributed by atoms with Crippen LogP contribution in [-0.4, -0.2) is 38.8 Å². The summed E-state index contributed by atoms with van der Waals surface area (Å²) in [4.78, 5) is 4.56. The number of nitrogens with zero attached hydrogens (tertiary/aromatic N) is 1. The van der Waals surface area contributed by atoms with Crippen LogP contribution in [0.3, 0.4) is 0 Å². The molecule has 0 aromatic heterocycles. The minimum absolute atomic E-state index is 0.00928. The van der Waals surface area contributed by atoms with Crippen molar-refractivity contribution in [3.63, 3.8) is 0 Å². The molecule has 0 radical (unpaired) electrons. The SMILES string of the molecule is CCCCNC(=NCC(C)Oc1ccc(OC)cc1)NCC. The van der Waals surface area contributed by atoms with Crippen LogP contribution in [0.25, 0.3) is 0 Å². The molecule has 0 fully saturated rings. The average molecular weight is 307 g/mol. The maximum absolute atomic E-state index is 5.85. The van der Waals surface area contributed by atoms with E-state index in [1.807, 2.05) is 31.2 Å². The lowest BCUT2D eigenvalue weighted by Gasteiger charge is -2.15. The van der Waals surface area contributed by atoms with Gasteiger partial charge in [0.15, 0.2) is 5.96 Å². The first kappa shape index (κ1) is 18.1. The molecule has 0 amide bonds. The number of unbranched alkanes of at least 4 members (excludes halogenated alkanes) is 1. The number of guanidine groups is 1. The van der Waals surface area contributed by atoms with E-state index in [4.69, 9.17) is 9.47 Å². The first-order chi connectivity index (χ1) is 10.7. The second-order valence-electron chi connectivity index (χ2n) is 5.10. The van der Waals surface area contributed by atoms with Gasteiger partial charge in [-0.2, -0.15) is 0 Å². The van der Waals surface area contributed by atoms with Crippen LogP contribution >= 0.6 is 0 Å². The molecule has 0 saturated carbocycles. The predicted octanol–water partition coefficient (Wildman–Crippen LogP) is 2.82. The molecule has 0 bridgehead atoms. The largest absolute Gasteiger partial charge is 0.497 e. The molecule has 22 heavy (non-hydrogen) atoms. The van der Waals surface area contributed by atoms with Crippen molar-refractivity contribution in [1.29, 1.82) is 0 Å². The van der Waals surface area contributed by atoms with Crippen molar-refractivity contribution in [2.24, 2.45) is 4.99 Å². The van der Waals surface area contributed by atoms with Crippen LogP contribution in [0.2, 0.25) is 0 Å². The fraction of sp³-hybridized carbons (Fsp3) is 0.588. The van der Waals surface area contributed by atoms with E-state index < -0.39 is 0 Å². The van der Waals surface area contributed by atoms with Crippen molar-refractivity contribution in [3.8, 4) is 11.5 Å². The van der Waals surface area contributed by atoms with Gasteiger partial charge in [-0.25, -0.2) is 4.99 Å². The van der Waals surface area contributed by atoms with Gasteiger partial charge < -0.3 is 20.1 Å². The Morgan fingerprint density at radius 2 is 1.82 bits per heavy atom. The standard InChI is InChI=1S/C17H29N3O2/c1-5-7-12-19-17(18-6-2)20-13-14(3)22-16-10-8-15(21-4)9-11-16/h8-11,14H,5-7,12-13H2,1-4H3,(H2,18,19,20). The molecule has 0 heterocycles. The van der Waals surface area contributed by atoms with E-state index >= 15 is 0 Å². The quantitative estimate of drug-likeness (QED) is 0.418. The van der Waals surface area contributed by atoms with E-state index in [9.17, 15) is 0 Å². The Labute approximate surface area is 134 Å². The van der Waals surface area contributed by atoms with Crippen LogP contribution in [0, 0.1) is 0 Å². The summed E-state index contributed by atoms with van der Waals surface area (Å²) in [6.07, 6.45) is 2.32. The fourth-order valence-electron chi connectivity index (χ4n) is 1.87. The van der Waals surface area contributed by atoms with Crippen LogP contribution in [0.15, 0.2) is 29.3 Å². The van der Waals surface area contributed by atoms with E-state index in [2.05, 4.69) is 29.5 Å². The lowest BCUT2D eigenvalue weighted by Crippen LogP contribution is -2.38. The van der Waals surface area contributed by atoms with Gasteiger partial charge in [0.1, 0.15) is 17.6 Å². The molecular weight excluding hydrogens is 278 g/mol. The number of aliphatic imine (C=N–C) groups is 1. The summed E-state index contributed by atoms with van der Waals surface area (Å²) >= 11 is 0. The molecule has 1 unspecified atom stereocenters. The molecule has 1 aromatic carbocycles.